The molecule has 1 aliphatic heterocycles. The lowest BCUT2D eigenvalue weighted by molar-refractivity contribution is -0.119. The number of nitrogens with one attached hydrogen (secondary N) is 2. The van der Waals surface area contributed by atoms with E-state index in [2.05, 4.69) is 10.3 Å². The van der Waals surface area contributed by atoms with Crippen molar-refractivity contribution >= 4 is 34.7 Å². The van der Waals surface area contributed by atoms with Crippen molar-refractivity contribution in [3.63, 3.8) is 0 Å². The predicted molar refractivity (Wildman–Crippen MR) is 103 cm³/mol. The molecule has 0 aliphatic carbocycles. The van der Waals surface area contributed by atoms with E-state index in [9.17, 15) is 9.59 Å². The number of pyridine rings is 1. The summed E-state index contributed by atoms with van der Waals surface area (Å²) in [5.74, 6) is 0.607. The third-order valence-corrected chi connectivity index (χ3v) is 4.68. The van der Waals surface area contributed by atoms with Gasteiger partial charge in [-0.1, -0.05) is 35.3 Å². The second-order valence-electron chi connectivity index (χ2n) is 5.92. The number of aromatic nitrogens is 1. The predicted octanol–water partition coefficient (Wildman–Crippen LogP) is 3.79. The molecule has 0 radical (unpaired) electrons. The van der Waals surface area contributed by atoms with Gasteiger partial charge in [-0.25, -0.2) is 0 Å². The van der Waals surface area contributed by atoms with Crippen LogP contribution in [0.15, 0.2) is 41.2 Å². The minimum atomic E-state index is -0.373. The molecule has 2 heterocycles. The van der Waals surface area contributed by atoms with Gasteiger partial charge in [-0.15, -0.1) is 0 Å². The van der Waals surface area contributed by atoms with Crippen LogP contribution in [0.25, 0.3) is 5.57 Å². The largest absolute Gasteiger partial charge is 0.492 e. The maximum Gasteiger partial charge on any atom is 0.267 e. The van der Waals surface area contributed by atoms with Crippen molar-refractivity contribution in [1.82, 2.24) is 10.3 Å². The van der Waals surface area contributed by atoms with Gasteiger partial charge in [0.25, 0.3) is 5.56 Å². The summed E-state index contributed by atoms with van der Waals surface area (Å²) in [6, 6.07) is 8.61. The Hall–Kier alpha value is -2.24. The van der Waals surface area contributed by atoms with Crippen LogP contribution in [0.2, 0.25) is 10.0 Å². The first-order valence-corrected chi connectivity index (χ1v) is 9.06. The number of hydrogen-bond donors (Lipinski definition) is 2. The van der Waals surface area contributed by atoms with Crippen molar-refractivity contribution in [3.05, 3.63) is 68.1 Å². The Morgan fingerprint density at radius 3 is 2.65 bits per heavy atom. The average molecular weight is 393 g/mol. The molecule has 1 fully saturated rings. The van der Waals surface area contributed by atoms with Crippen LogP contribution in [0, 0.1) is 0 Å². The molecule has 2 aromatic rings. The fourth-order valence-corrected chi connectivity index (χ4v) is 3.20. The number of H-pyrrole nitrogens is 1. The minimum Gasteiger partial charge on any atom is -0.492 e. The molecule has 0 bridgehead atoms. The van der Waals surface area contributed by atoms with E-state index < -0.39 is 0 Å². The number of aromatic amines is 1. The number of carbonyl (C=O) groups is 1. The Labute approximate surface area is 161 Å². The lowest BCUT2D eigenvalue weighted by Gasteiger charge is -2.14. The number of benzene rings is 1. The summed E-state index contributed by atoms with van der Waals surface area (Å²) in [5.41, 5.74) is 1.79. The van der Waals surface area contributed by atoms with Crippen LogP contribution in [0.1, 0.15) is 31.0 Å². The van der Waals surface area contributed by atoms with Crippen molar-refractivity contribution in [3.8, 4) is 5.75 Å². The molecule has 5 nitrogen and oxygen atoms in total. The van der Waals surface area contributed by atoms with Gasteiger partial charge in [0.15, 0.2) is 0 Å². The average Bonchev–Trinajstić information content (AvgIpc) is 3.02. The van der Waals surface area contributed by atoms with E-state index >= 15 is 0 Å². The van der Waals surface area contributed by atoms with E-state index in [-0.39, 0.29) is 22.5 Å². The van der Waals surface area contributed by atoms with E-state index in [1.165, 1.54) is 0 Å². The maximum atomic E-state index is 11.9. The zero-order chi connectivity index (χ0) is 18.7. The van der Waals surface area contributed by atoms with Crippen molar-refractivity contribution in [1.29, 1.82) is 0 Å². The number of hydrogen-bond acceptors (Lipinski definition) is 3. The number of amides is 1. The van der Waals surface area contributed by atoms with Crippen LogP contribution in [0.4, 0.5) is 0 Å². The molecule has 2 N–H and O–H groups in total. The molecule has 1 aliphatic rings. The molecular weight excluding hydrogens is 375 g/mol. The van der Waals surface area contributed by atoms with E-state index in [0.29, 0.717) is 35.9 Å². The molecule has 1 atom stereocenters. The van der Waals surface area contributed by atoms with Crippen molar-refractivity contribution in [2.75, 3.05) is 6.61 Å². The zero-order valence-electron chi connectivity index (χ0n) is 14.1. The Morgan fingerprint density at radius 1 is 1.23 bits per heavy atom. The topological polar surface area (TPSA) is 71.2 Å². The van der Waals surface area contributed by atoms with E-state index in [4.69, 9.17) is 27.9 Å². The SMILES string of the molecule is CCOc1ccc(C(=C[C@H]2CCC(=O)N2)c2ccc(Cl)c(=O)[nH]2)cc1Cl. The summed E-state index contributed by atoms with van der Waals surface area (Å²) in [7, 11) is 0. The number of ether oxygens (including phenoxy) is 1. The van der Waals surface area contributed by atoms with Crippen molar-refractivity contribution in [2.45, 2.75) is 25.8 Å². The van der Waals surface area contributed by atoms with Gasteiger partial charge in [0.1, 0.15) is 10.8 Å². The highest BCUT2D eigenvalue weighted by molar-refractivity contribution is 6.32. The van der Waals surface area contributed by atoms with E-state index in [1.54, 1.807) is 24.3 Å². The molecule has 1 saturated heterocycles. The second-order valence-corrected chi connectivity index (χ2v) is 6.73. The first-order chi connectivity index (χ1) is 12.5. The molecular formula is C19H18Cl2N2O3. The van der Waals surface area contributed by atoms with Crippen LogP contribution < -0.4 is 15.6 Å². The Kier molecular flexibility index (Phi) is 5.69. The second kappa shape index (κ2) is 7.98. The summed E-state index contributed by atoms with van der Waals surface area (Å²) in [5, 5.41) is 3.50. The van der Waals surface area contributed by atoms with Crippen LogP contribution in [0.5, 0.6) is 5.75 Å². The molecule has 136 valence electrons. The lowest BCUT2D eigenvalue weighted by atomic mass is 9.99. The summed E-state index contributed by atoms with van der Waals surface area (Å²) < 4.78 is 5.48. The lowest BCUT2D eigenvalue weighted by Crippen LogP contribution is -2.23. The molecule has 0 unspecified atom stereocenters. The molecule has 3 rings (SSSR count). The summed E-state index contributed by atoms with van der Waals surface area (Å²) in [6.07, 6.45) is 3.11. The highest BCUT2D eigenvalue weighted by Crippen LogP contribution is 2.31. The van der Waals surface area contributed by atoms with Gasteiger partial charge in [0.05, 0.1) is 11.6 Å². The number of halogens is 2. The van der Waals surface area contributed by atoms with E-state index in [0.717, 1.165) is 11.1 Å². The first-order valence-electron chi connectivity index (χ1n) is 8.31. The normalized spacial score (nSPS) is 17.3. The van der Waals surface area contributed by atoms with Gasteiger partial charge in [0.2, 0.25) is 5.91 Å². The molecule has 1 aromatic heterocycles. The number of carbonyl (C=O) groups excluding carboxylic acids is 1. The highest BCUT2D eigenvalue weighted by Gasteiger charge is 2.21. The fraction of sp³-hybridized carbons (Fsp3) is 0.263. The molecule has 0 saturated carbocycles. The fourth-order valence-electron chi connectivity index (χ4n) is 2.86. The van der Waals surface area contributed by atoms with Crippen LogP contribution in [0.3, 0.4) is 0 Å². The Bertz CT molecular complexity index is 921. The van der Waals surface area contributed by atoms with Gasteiger partial charge in [-0.05, 0) is 43.2 Å². The van der Waals surface area contributed by atoms with Gasteiger partial charge in [0, 0.05) is 23.7 Å². The summed E-state index contributed by atoms with van der Waals surface area (Å²) in [6.45, 7) is 2.40. The van der Waals surface area contributed by atoms with Crippen molar-refractivity contribution < 1.29 is 9.53 Å². The van der Waals surface area contributed by atoms with Gasteiger partial charge >= 0.3 is 0 Å². The smallest absolute Gasteiger partial charge is 0.267 e. The molecule has 7 heteroatoms. The van der Waals surface area contributed by atoms with Crippen LogP contribution in [-0.2, 0) is 4.79 Å². The highest BCUT2D eigenvalue weighted by atomic mass is 35.5. The molecule has 1 aromatic carbocycles. The van der Waals surface area contributed by atoms with Gasteiger partial charge < -0.3 is 15.0 Å². The Balaban J connectivity index is 2.06. The minimum absolute atomic E-state index is 0.0138. The standard InChI is InChI=1S/C19H18Cl2N2O3/c1-2-26-17-7-3-11(9-15(17)21)13(10-12-4-8-18(24)22-12)16-6-5-14(20)19(25)23-16/h3,5-7,9-10,12H,2,4,8H2,1H3,(H,22,24)(H,23,25)/t12-/m1/s1. The summed E-state index contributed by atoms with van der Waals surface area (Å²) >= 11 is 12.2. The molecule has 26 heavy (non-hydrogen) atoms. The van der Waals surface area contributed by atoms with Gasteiger partial charge in [-0.2, -0.15) is 0 Å². The van der Waals surface area contributed by atoms with Crippen LogP contribution >= 0.6 is 23.2 Å². The third-order valence-electron chi connectivity index (χ3n) is 4.09. The van der Waals surface area contributed by atoms with Crippen LogP contribution in [-0.4, -0.2) is 23.5 Å². The summed E-state index contributed by atoms with van der Waals surface area (Å²) in [4.78, 5) is 26.2. The Morgan fingerprint density at radius 2 is 2.04 bits per heavy atom. The quantitative estimate of drug-likeness (QED) is 0.812. The monoisotopic (exact) mass is 392 g/mol. The first kappa shape index (κ1) is 18.5. The number of rotatable bonds is 5. The molecule has 0 spiro atoms. The van der Waals surface area contributed by atoms with Crippen molar-refractivity contribution in [2.24, 2.45) is 0 Å². The van der Waals surface area contributed by atoms with Gasteiger partial charge in [-0.3, -0.25) is 9.59 Å². The zero-order valence-corrected chi connectivity index (χ0v) is 15.7. The maximum absolute atomic E-state index is 11.9. The van der Waals surface area contributed by atoms with E-state index in [1.807, 2.05) is 19.1 Å². The third kappa shape index (κ3) is 4.11. The molecule has 1 amide bonds.